The normalized spacial score (nSPS) is 14.2. The quantitative estimate of drug-likeness (QED) is 0.318. The molecule has 0 fully saturated rings. The molecule has 6 rings (SSSR count). The number of fused-ring (bicyclic) bond motifs is 2. The number of pyridine rings is 1. The molecule has 0 bridgehead atoms. The van der Waals surface area contributed by atoms with Crippen molar-refractivity contribution in [2.75, 3.05) is 6.61 Å². The van der Waals surface area contributed by atoms with E-state index >= 15 is 0 Å². The molecule has 156 valence electrons. The van der Waals surface area contributed by atoms with Crippen LogP contribution in [0.15, 0.2) is 79.7 Å². The summed E-state index contributed by atoms with van der Waals surface area (Å²) in [5, 5.41) is 5.39. The number of aromatic nitrogens is 6. The molecular weight excluding hydrogens is 404 g/mol. The molecule has 5 aromatic rings. The zero-order valence-electron chi connectivity index (χ0n) is 17.2. The van der Waals surface area contributed by atoms with Crippen molar-refractivity contribution in [2.24, 2.45) is 0 Å². The standard InChI is InChI=1S/C24H18N6O2/c1-2-32-22(31)17-11-28-30(14-17)19-12-26-23-27-13-21(29(23)15-19)24(7-8-24)18-5-6-20-16(10-18)4-3-9-25-20/h3-15H,2H2,1H3. The van der Waals surface area contributed by atoms with E-state index in [1.165, 1.54) is 6.20 Å². The van der Waals surface area contributed by atoms with Gasteiger partial charge in [-0.1, -0.05) is 24.3 Å². The minimum absolute atomic E-state index is 0.315. The molecule has 0 saturated carbocycles. The molecule has 1 aromatic carbocycles. The molecular formula is C24H18N6O2. The molecule has 8 nitrogen and oxygen atoms in total. The van der Waals surface area contributed by atoms with Crippen LogP contribution >= 0.6 is 0 Å². The number of nitrogens with zero attached hydrogens (tertiary/aromatic N) is 6. The maximum atomic E-state index is 12.0. The Morgan fingerprint density at radius 2 is 1.94 bits per heavy atom. The van der Waals surface area contributed by atoms with Crippen LogP contribution in [-0.4, -0.2) is 41.7 Å². The monoisotopic (exact) mass is 422 g/mol. The van der Waals surface area contributed by atoms with Crippen molar-refractivity contribution in [1.29, 1.82) is 0 Å². The molecule has 0 N–H and O–H groups in total. The maximum Gasteiger partial charge on any atom is 0.341 e. The van der Waals surface area contributed by atoms with Crippen molar-refractivity contribution < 1.29 is 9.53 Å². The van der Waals surface area contributed by atoms with Gasteiger partial charge in [0.2, 0.25) is 5.78 Å². The van der Waals surface area contributed by atoms with E-state index < -0.39 is 5.97 Å². The van der Waals surface area contributed by atoms with Crippen molar-refractivity contribution in [3.05, 3.63) is 96.5 Å². The zero-order valence-corrected chi connectivity index (χ0v) is 17.2. The van der Waals surface area contributed by atoms with E-state index in [4.69, 9.17) is 4.74 Å². The third-order valence-electron chi connectivity index (χ3n) is 5.71. The molecule has 0 unspecified atom stereocenters. The lowest BCUT2D eigenvalue weighted by molar-refractivity contribution is 0.0526. The molecule has 4 heterocycles. The van der Waals surface area contributed by atoms with E-state index in [0.717, 1.165) is 22.2 Å². The van der Waals surface area contributed by atoms with Gasteiger partial charge in [0.25, 0.3) is 0 Å². The number of carbonyl (C=O) groups is 1. The van der Waals surface area contributed by atoms with Crippen molar-refractivity contribution in [3.8, 4) is 5.69 Å². The summed E-state index contributed by atoms with van der Waals surface area (Å²) < 4.78 is 8.63. The Kier molecular flexibility index (Phi) is 3.94. The molecule has 0 radical (unpaired) electrons. The number of allylic oxidation sites excluding steroid dienone is 2. The Labute approximate surface area is 182 Å². The number of esters is 1. The van der Waals surface area contributed by atoms with Gasteiger partial charge in [0.15, 0.2) is 0 Å². The lowest BCUT2D eigenvalue weighted by atomic mass is 9.89. The van der Waals surface area contributed by atoms with Gasteiger partial charge >= 0.3 is 5.97 Å². The van der Waals surface area contributed by atoms with Crippen LogP contribution in [0.1, 0.15) is 28.5 Å². The molecule has 0 spiro atoms. The molecule has 8 heteroatoms. The maximum absolute atomic E-state index is 12.0. The van der Waals surface area contributed by atoms with Gasteiger partial charge in [-0.25, -0.2) is 19.4 Å². The Balaban J connectivity index is 1.42. The summed E-state index contributed by atoms with van der Waals surface area (Å²) >= 11 is 0. The molecule has 1 aliphatic carbocycles. The predicted octanol–water partition coefficient (Wildman–Crippen LogP) is 3.50. The van der Waals surface area contributed by atoms with Crippen molar-refractivity contribution >= 4 is 22.6 Å². The summed E-state index contributed by atoms with van der Waals surface area (Å²) in [7, 11) is 0. The highest BCUT2D eigenvalue weighted by molar-refractivity contribution is 5.88. The van der Waals surface area contributed by atoms with E-state index in [1.807, 2.05) is 28.9 Å². The summed E-state index contributed by atoms with van der Waals surface area (Å²) in [4.78, 5) is 25.4. The van der Waals surface area contributed by atoms with Crippen LogP contribution in [0.25, 0.3) is 22.4 Å². The fourth-order valence-corrected chi connectivity index (χ4v) is 4.00. The van der Waals surface area contributed by atoms with Gasteiger partial charge in [0.05, 0.1) is 53.1 Å². The van der Waals surface area contributed by atoms with Crippen LogP contribution < -0.4 is 0 Å². The Hall–Kier alpha value is -4.33. The van der Waals surface area contributed by atoms with Crippen LogP contribution in [0, 0.1) is 0 Å². The highest BCUT2D eigenvalue weighted by Crippen LogP contribution is 2.45. The van der Waals surface area contributed by atoms with Gasteiger partial charge in [-0.15, -0.1) is 0 Å². The van der Waals surface area contributed by atoms with Crippen LogP contribution in [0.4, 0.5) is 0 Å². The summed E-state index contributed by atoms with van der Waals surface area (Å²) in [5.41, 5.74) is 3.86. The lowest BCUT2D eigenvalue weighted by Gasteiger charge is -2.17. The Morgan fingerprint density at radius 1 is 1.06 bits per heavy atom. The van der Waals surface area contributed by atoms with Gasteiger partial charge in [-0.05, 0) is 30.7 Å². The average Bonchev–Trinajstić information content (AvgIpc) is 3.28. The van der Waals surface area contributed by atoms with Crippen molar-refractivity contribution in [2.45, 2.75) is 12.3 Å². The largest absolute Gasteiger partial charge is 0.462 e. The summed E-state index contributed by atoms with van der Waals surface area (Å²) in [6, 6.07) is 10.3. The molecule has 0 amide bonds. The highest BCUT2D eigenvalue weighted by atomic mass is 16.5. The van der Waals surface area contributed by atoms with E-state index in [2.05, 4.69) is 50.4 Å². The summed E-state index contributed by atoms with van der Waals surface area (Å²) in [6.45, 7) is 2.09. The molecule has 32 heavy (non-hydrogen) atoms. The number of benzene rings is 1. The van der Waals surface area contributed by atoms with Crippen LogP contribution in [0.5, 0.6) is 0 Å². The van der Waals surface area contributed by atoms with Crippen molar-refractivity contribution in [1.82, 2.24) is 29.1 Å². The van der Waals surface area contributed by atoms with Gasteiger partial charge < -0.3 is 4.74 Å². The van der Waals surface area contributed by atoms with Crippen molar-refractivity contribution in [3.63, 3.8) is 0 Å². The second-order valence-corrected chi connectivity index (χ2v) is 7.63. The van der Waals surface area contributed by atoms with E-state index in [0.29, 0.717) is 23.6 Å². The zero-order chi connectivity index (χ0) is 21.7. The second kappa shape index (κ2) is 6.84. The molecule has 0 atom stereocenters. The van der Waals surface area contributed by atoms with Crippen LogP contribution in [-0.2, 0) is 10.2 Å². The van der Waals surface area contributed by atoms with Gasteiger partial charge in [-0.3, -0.25) is 9.38 Å². The topological polar surface area (TPSA) is 87.2 Å². The number of rotatable bonds is 5. The molecule has 4 aromatic heterocycles. The number of hydrogen-bond donors (Lipinski definition) is 0. The Bertz CT molecular complexity index is 1520. The third-order valence-corrected chi connectivity index (χ3v) is 5.71. The first kappa shape index (κ1) is 18.4. The summed E-state index contributed by atoms with van der Waals surface area (Å²) in [6.07, 6.45) is 14.7. The lowest BCUT2D eigenvalue weighted by Crippen LogP contribution is -2.14. The SMILES string of the molecule is CCOC(=O)c1cnn(-c2cnc3ncc(C4(c5ccc6ncccc6c5)C=C4)n3c2)c1. The molecule has 0 aliphatic heterocycles. The van der Waals surface area contributed by atoms with E-state index in [9.17, 15) is 4.79 Å². The first-order chi connectivity index (χ1) is 15.7. The third kappa shape index (κ3) is 2.80. The number of ether oxygens (including phenoxy) is 1. The smallest absolute Gasteiger partial charge is 0.341 e. The average molecular weight is 422 g/mol. The number of imidazole rings is 1. The van der Waals surface area contributed by atoms with Gasteiger partial charge in [0, 0.05) is 24.0 Å². The van der Waals surface area contributed by atoms with Gasteiger partial charge in [-0.2, -0.15) is 5.10 Å². The molecule has 0 saturated heterocycles. The minimum Gasteiger partial charge on any atom is -0.462 e. The fraction of sp³-hybridized carbons (Fsp3) is 0.125. The fourth-order valence-electron chi connectivity index (χ4n) is 4.00. The van der Waals surface area contributed by atoms with Gasteiger partial charge in [0.1, 0.15) is 0 Å². The first-order valence-corrected chi connectivity index (χ1v) is 10.3. The van der Waals surface area contributed by atoms with E-state index in [1.54, 1.807) is 30.2 Å². The number of hydrogen-bond acceptors (Lipinski definition) is 6. The number of carbonyl (C=O) groups excluding carboxylic acids is 1. The van der Waals surface area contributed by atoms with E-state index in [-0.39, 0.29) is 5.41 Å². The molecule has 1 aliphatic rings. The summed E-state index contributed by atoms with van der Waals surface area (Å²) in [5.74, 6) is 0.195. The first-order valence-electron chi connectivity index (χ1n) is 10.3. The predicted molar refractivity (Wildman–Crippen MR) is 118 cm³/mol. The van der Waals surface area contributed by atoms with Crippen LogP contribution in [0.3, 0.4) is 0 Å². The minimum atomic E-state index is -0.400. The van der Waals surface area contributed by atoms with Crippen LogP contribution in [0.2, 0.25) is 0 Å². The second-order valence-electron chi connectivity index (χ2n) is 7.63. The highest BCUT2D eigenvalue weighted by Gasteiger charge is 2.41. The Morgan fingerprint density at radius 3 is 2.78 bits per heavy atom.